The predicted octanol–water partition coefficient (Wildman–Crippen LogP) is -2.86. The Kier molecular flexibility index (Phi) is 18.9. The number of benzene rings is 1. The lowest BCUT2D eigenvalue weighted by atomic mass is 9.99. The van der Waals surface area contributed by atoms with Crippen molar-refractivity contribution in [2.75, 3.05) is 38.7 Å². The summed E-state index contributed by atoms with van der Waals surface area (Å²) >= 11 is 0. The molecule has 0 radical (unpaired) electrons. The number of likely N-dealkylation sites (tertiary alicyclic amines) is 1. The monoisotopic (exact) mass is 824 g/mol. The number of ether oxygens (including phenoxy) is 4. The Hall–Kier alpha value is -5.26. The van der Waals surface area contributed by atoms with E-state index >= 15 is 0 Å². The Labute approximate surface area is 333 Å². The number of aliphatic hydroxyl groups excluding tert-OH is 3. The molecule has 322 valence electrons. The van der Waals surface area contributed by atoms with Gasteiger partial charge in [-0.25, -0.2) is 4.79 Å². The number of nitrogens with one attached hydrogen (secondary N) is 4. The van der Waals surface area contributed by atoms with Crippen LogP contribution in [0.3, 0.4) is 0 Å². The van der Waals surface area contributed by atoms with Crippen LogP contribution in [-0.4, -0.2) is 149 Å². The number of carbonyl (C=O) groups excluding carboxylic acids is 7. The average Bonchev–Trinajstić information content (AvgIpc) is 3.51. The highest BCUT2D eigenvalue weighted by Crippen LogP contribution is 2.31. The number of hydrogen-bond donors (Lipinski definition) is 9. The fourth-order valence-corrected chi connectivity index (χ4v) is 5.96. The van der Waals surface area contributed by atoms with Gasteiger partial charge in [0.05, 0.1) is 18.3 Å². The number of anilines is 1. The largest absolute Gasteiger partial charge is 0.479 e. The van der Waals surface area contributed by atoms with Crippen molar-refractivity contribution in [3.05, 3.63) is 23.8 Å². The number of nitrogens with zero attached hydrogens (tertiary/aromatic N) is 1. The van der Waals surface area contributed by atoms with Gasteiger partial charge < -0.3 is 66.4 Å². The van der Waals surface area contributed by atoms with Crippen LogP contribution < -0.4 is 31.7 Å². The summed E-state index contributed by atoms with van der Waals surface area (Å²) in [5, 5.41) is 50.5. The molecule has 10 N–H and O–H groups in total. The summed E-state index contributed by atoms with van der Waals surface area (Å²) in [6.07, 6.45) is -9.20. The lowest BCUT2D eigenvalue weighted by Crippen LogP contribution is -2.61. The second kappa shape index (κ2) is 23.2. The first-order chi connectivity index (χ1) is 27.6. The van der Waals surface area contributed by atoms with E-state index in [0.29, 0.717) is 24.9 Å². The molecule has 58 heavy (non-hydrogen) atoms. The Morgan fingerprint density at radius 2 is 1.64 bits per heavy atom. The summed E-state index contributed by atoms with van der Waals surface area (Å²) < 4.78 is 20.7. The Balaban J connectivity index is 1.67. The molecule has 1 aromatic rings. The highest BCUT2D eigenvalue weighted by atomic mass is 16.7. The quantitative estimate of drug-likeness (QED) is 0.0304. The molecule has 0 aromatic heterocycles. The summed E-state index contributed by atoms with van der Waals surface area (Å²) in [4.78, 5) is 99.9. The minimum Gasteiger partial charge on any atom is -0.479 e. The van der Waals surface area contributed by atoms with E-state index in [4.69, 9.17) is 24.7 Å². The van der Waals surface area contributed by atoms with Crippen LogP contribution >= 0.6 is 0 Å². The molecule has 3 rings (SSSR count). The van der Waals surface area contributed by atoms with Crippen LogP contribution in [0.4, 0.5) is 5.69 Å². The van der Waals surface area contributed by atoms with E-state index in [9.17, 15) is 58.8 Å². The van der Waals surface area contributed by atoms with Gasteiger partial charge in [0, 0.05) is 65.8 Å². The number of aliphatic hydroxyl groups is 3. The lowest BCUT2D eigenvalue weighted by Gasteiger charge is -2.38. The molecule has 0 unspecified atom stereocenters. The molecule has 2 saturated heterocycles. The summed E-state index contributed by atoms with van der Waals surface area (Å²) in [6.45, 7) is 1.09. The molecule has 2 aliphatic heterocycles. The average molecular weight is 825 g/mol. The molecule has 1 aromatic carbocycles. The normalized spacial score (nSPS) is 21.4. The number of amides is 6. The Morgan fingerprint density at radius 1 is 0.931 bits per heavy atom. The van der Waals surface area contributed by atoms with Crippen molar-refractivity contribution in [2.45, 2.75) is 108 Å². The van der Waals surface area contributed by atoms with Gasteiger partial charge >= 0.3 is 11.9 Å². The van der Waals surface area contributed by atoms with Crippen molar-refractivity contribution < 1.29 is 77.7 Å². The molecule has 0 aliphatic carbocycles. The van der Waals surface area contributed by atoms with Crippen LogP contribution in [-0.2, 0) is 59.2 Å². The first-order valence-electron chi connectivity index (χ1n) is 18.6. The molecule has 2 fully saturated rings. The van der Waals surface area contributed by atoms with Crippen LogP contribution in [0, 0.1) is 0 Å². The molecule has 7 atom stereocenters. The number of hydrogen-bond acceptors (Lipinski definition) is 16. The van der Waals surface area contributed by atoms with Gasteiger partial charge in [0.15, 0.2) is 6.10 Å². The third kappa shape index (κ3) is 14.3. The molecular weight excluding hydrogens is 772 g/mol. The molecule has 0 saturated carbocycles. The molecular formula is C36H52N6O16. The second-order valence-electron chi connectivity index (χ2n) is 13.5. The zero-order valence-corrected chi connectivity index (χ0v) is 32.2. The van der Waals surface area contributed by atoms with Gasteiger partial charge in [-0.15, -0.1) is 0 Å². The number of aliphatic carboxylic acids is 1. The van der Waals surface area contributed by atoms with Gasteiger partial charge in [-0.05, 0) is 37.0 Å². The molecule has 6 amide bonds. The number of rotatable bonds is 23. The van der Waals surface area contributed by atoms with E-state index in [1.165, 1.54) is 32.2 Å². The fourth-order valence-electron chi connectivity index (χ4n) is 5.96. The van der Waals surface area contributed by atoms with E-state index in [1.807, 2.05) is 0 Å². The van der Waals surface area contributed by atoms with Crippen LogP contribution in [0.25, 0.3) is 0 Å². The number of esters is 1. The number of methoxy groups -OCH3 is 1. The van der Waals surface area contributed by atoms with Crippen molar-refractivity contribution in [2.24, 2.45) is 5.73 Å². The minimum atomic E-state index is -1.98. The van der Waals surface area contributed by atoms with Crippen molar-refractivity contribution in [1.82, 2.24) is 20.9 Å². The maximum absolute atomic E-state index is 13.4. The van der Waals surface area contributed by atoms with Gasteiger partial charge in [-0.2, -0.15) is 0 Å². The van der Waals surface area contributed by atoms with Crippen molar-refractivity contribution in [1.29, 1.82) is 0 Å². The van der Waals surface area contributed by atoms with Gasteiger partial charge in [0.1, 0.15) is 36.7 Å². The van der Waals surface area contributed by atoms with Gasteiger partial charge in [0.25, 0.3) is 0 Å². The van der Waals surface area contributed by atoms with E-state index in [2.05, 4.69) is 21.3 Å². The van der Waals surface area contributed by atoms with Crippen molar-refractivity contribution >= 4 is 53.1 Å². The standard InChI is InChI=1S/C36H52N6O16/c1-19(43)56-18-20-6-7-24(57-36-32(51)30(49)31(50)33(58-36)35(53)54)23(15-20)41-26(45)10-13-39-34(52)22(5-3-4-12-38-25(44)11-14-55-2)40-27(46)16-21(17-37)42-28(47)8-9-29(42)48/h6-7,15,21-22,30-33,36,49-51H,3-5,8-14,16-18,37H2,1-2H3,(H,38,44)(H,39,52)(H,40,46)(H,41,45)(H,53,54)/t21-,22-,30-,31-,32+,33-,36+/m0/s1. The lowest BCUT2D eigenvalue weighted by molar-refractivity contribution is -0.271. The van der Waals surface area contributed by atoms with E-state index in [0.717, 1.165) is 4.90 Å². The number of carboxylic acid groups (broad SMARTS) is 1. The summed E-state index contributed by atoms with van der Waals surface area (Å²) in [7, 11) is 1.47. The van der Waals surface area contributed by atoms with Crippen molar-refractivity contribution in [3.63, 3.8) is 0 Å². The summed E-state index contributed by atoms with van der Waals surface area (Å²) in [6, 6.07) is 2.05. The predicted molar refractivity (Wildman–Crippen MR) is 197 cm³/mol. The van der Waals surface area contributed by atoms with Gasteiger partial charge in [-0.3, -0.25) is 38.5 Å². The van der Waals surface area contributed by atoms with Gasteiger partial charge in [0.2, 0.25) is 41.7 Å². The molecule has 2 aliphatic rings. The minimum absolute atomic E-state index is 0.00599. The zero-order valence-electron chi connectivity index (χ0n) is 32.2. The number of carbonyl (C=O) groups is 8. The maximum atomic E-state index is 13.4. The van der Waals surface area contributed by atoms with E-state index in [-0.39, 0.29) is 82.2 Å². The third-order valence-electron chi connectivity index (χ3n) is 9.04. The number of nitrogens with two attached hydrogens (primary N) is 1. The van der Waals surface area contributed by atoms with Crippen molar-refractivity contribution in [3.8, 4) is 5.75 Å². The highest BCUT2D eigenvalue weighted by Gasteiger charge is 2.48. The molecule has 2 heterocycles. The van der Waals surface area contributed by atoms with Crippen LogP contribution in [0.1, 0.15) is 63.9 Å². The van der Waals surface area contributed by atoms with Crippen LogP contribution in [0.5, 0.6) is 5.75 Å². The summed E-state index contributed by atoms with van der Waals surface area (Å²) in [5.41, 5.74) is 6.10. The second-order valence-corrected chi connectivity index (χ2v) is 13.5. The molecule has 0 bridgehead atoms. The SMILES string of the molecule is COCCC(=O)NCCCC[C@H](NC(=O)C[C@@H](CN)N1C(=O)CCC1=O)C(=O)NCCC(=O)Nc1cc(COC(C)=O)ccc1O[C@@H]1O[C@H](C(=O)O)[C@@H](O)[C@H](O)[C@H]1O. The van der Waals surface area contributed by atoms with E-state index in [1.54, 1.807) is 0 Å². The number of unbranched alkanes of at least 4 members (excludes halogenated alkanes) is 1. The smallest absolute Gasteiger partial charge is 0.335 e. The Morgan fingerprint density at radius 3 is 2.28 bits per heavy atom. The number of carboxylic acids is 1. The topological polar surface area (TPSA) is 332 Å². The maximum Gasteiger partial charge on any atom is 0.335 e. The Bertz CT molecular complexity index is 1630. The molecule has 22 heteroatoms. The van der Waals surface area contributed by atoms with Crippen LogP contribution in [0.2, 0.25) is 0 Å². The summed E-state index contributed by atoms with van der Waals surface area (Å²) in [5.74, 6) is -5.53. The third-order valence-corrected chi connectivity index (χ3v) is 9.04. The van der Waals surface area contributed by atoms with Crippen LogP contribution in [0.15, 0.2) is 18.2 Å². The first-order valence-corrected chi connectivity index (χ1v) is 18.6. The van der Waals surface area contributed by atoms with E-state index < -0.39 is 84.3 Å². The highest BCUT2D eigenvalue weighted by molar-refractivity contribution is 6.02. The number of imide groups is 1. The molecule has 22 nitrogen and oxygen atoms in total. The van der Waals surface area contributed by atoms with Gasteiger partial charge in [-0.1, -0.05) is 6.07 Å². The molecule has 0 spiro atoms. The first kappa shape index (κ1) is 47.1. The zero-order chi connectivity index (χ0) is 42.9. The fraction of sp³-hybridized carbons (Fsp3) is 0.611.